The summed E-state index contributed by atoms with van der Waals surface area (Å²) in [5, 5.41) is 16.6. The molecule has 0 aromatic carbocycles. The van der Waals surface area contributed by atoms with Crippen molar-refractivity contribution < 1.29 is 5.11 Å². The van der Waals surface area contributed by atoms with Crippen LogP contribution in [0.3, 0.4) is 0 Å². The van der Waals surface area contributed by atoms with E-state index in [0.29, 0.717) is 0 Å². The molecule has 2 N–H and O–H groups in total. The number of aliphatic hydroxyl groups is 1. The Bertz CT molecular complexity index is 583. The molecule has 0 aliphatic heterocycles. The average Bonchev–Trinajstić information content (AvgIpc) is 2.91. The number of aromatic nitrogens is 3. The summed E-state index contributed by atoms with van der Waals surface area (Å²) in [5.74, 6) is 0.835. The van der Waals surface area contributed by atoms with E-state index >= 15 is 0 Å². The Labute approximate surface area is 137 Å². The van der Waals surface area contributed by atoms with Crippen molar-refractivity contribution in [2.75, 3.05) is 18.5 Å². The maximum Gasteiger partial charge on any atom is 0.154 e. The lowest BCUT2D eigenvalue weighted by atomic mass is 10.2. The van der Waals surface area contributed by atoms with E-state index in [0.717, 1.165) is 43.0 Å². The largest absolute Gasteiger partial charge is 0.396 e. The minimum Gasteiger partial charge on any atom is -0.396 e. The van der Waals surface area contributed by atoms with Crippen LogP contribution in [-0.2, 0) is 0 Å². The minimum absolute atomic E-state index is 0. The highest BCUT2D eigenvalue weighted by molar-refractivity contribution is 5.85. The molecule has 0 saturated carbocycles. The van der Waals surface area contributed by atoms with Crippen molar-refractivity contribution in [1.29, 1.82) is 0 Å². The van der Waals surface area contributed by atoms with Crippen LogP contribution in [0.5, 0.6) is 0 Å². The lowest BCUT2D eigenvalue weighted by molar-refractivity contribution is 0.286. The number of fused-ring (bicyclic) bond motifs is 1. The molecule has 0 bridgehead atoms. The van der Waals surface area contributed by atoms with Crippen molar-refractivity contribution in [3.05, 3.63) is 30.1 Å². The van der Waals surface area contributed by atoms with Crippen LogP contribution in [0.1, 0.15) is 44.7 Å². The standard InChI is InChI=1S/C16H24N4O.ClH/c1-2-3-4-5-8-14-13-18-16-10-9-15(19-20(14)16)17-11-6-7-12-21;/h5,8-10,13,21H,2-4,6-7,11-12H2,1H3,(H,17,19);1H/b8-5+;. The van der Waals surface area contributed by atoms with E-state index in [-0.39, 0.29) is 19.0 Å². The Morgan fingerprint density at radius 2 is 2.14 bits per heavy atom. The van der Waals surface area contributed by atoms with Gasteiger partial charge in [0.25, 0.3) is 0 Å². The summed E-state index contributed by atoms with van der Waals surface area (Å²) in [5.41, 5.74) is 1.85. The van der Waals surface area contributed by atoms with Crippen molar-refractivity contribution in [2.45, 2.75) is 39.0 Å². The van der Waals surface area contributed by atoms with Gasteiger partial charge in [-0.3, -0.25) is 0 Å². The van der Waals surface area contributed by atoms with Gasteiger partial charge in [-0.1, -0.05) is 25.8 Å². The van der Waals surface area contributed by atoms with E-state index in [2.05, 4.69) is 34.5 Å². The van der Waals surface area contributed by atoms with Crippen molar-refractivity contribution in [2.24, 2.45) is 0 Å². The van der Waals surface area contributed by atoms with E-state index in [9.17, 15) is 0 Å². The fourth-order valence-corrected chi connectivity index (χ4v) is 2.08. The first-order valence-electron chi connectivity index (χ1n) is 7.71. The minimum atomic E-state index is 0. The van der Waals surface area contributed by atoms with Gasteiger partial charge in [-0.2, -0.15) is 0 Å². The van der Waals surface area contributed by atoms with E-state index in [1.807, 2.05) is 22.8 Å². The topological polar surface area (TPSA) is 62.5 Å². The van der Waals surface area contributed by atoms with E-state index in [4.69, 9.17) is 5.11 Å². The van der Waals surface area contributed by atoms with Gasteiger partial charge in [0, 0.05) is 13.2 Å². The zero-order chi connectivity index (χ0) is 14.9. The van der Waals surface area contributed by atoms with Gasteiger partial charge >= 0.3 is 0 Å². The van der Waals surface area contributed by atoms with E-state index < -0.39 is 0 Å². The molecule has 0 amide bonds. The molecule has 2 aromatic heterocycles. The third-order valence-corrected chi connectivity index (χ3v) is 3.29. The maximum absolute atomic E-state index is 8.77. The Hall–Kier alpha value is -1.59. The number of imidazole rings is 1. The van der Waals surface area contributed by atoms with Crippen LogP contribution >= 0.6 is 12.4 Å². The molecule has 2 heterocycles. The first-order valence-corrected chi connectivity index (χ1v) is 7.71. The van der Waals surface area contributed by atoms with Crippen molar-refractivity contribution in [3.63, 3.8) is 0 Å². The quantitative estimate of drug-likeness (QED) is 0.693. The molecule has 122 valence electrons. The number of allylic oxidation sites excluding steroid dienone is 1. The Balaban J connectivity index is 0.00000242. The molecule has 0 unspecified atom stereocenters. The summed E-state index contributed by atoms with van der Waals surface area (Å²) in [4.78, 5) is 4.36. The van der Waals surface area contributed by atoms with Gasteiger partial charge in [-0.05, 0) is 37.5 Å². The molecule has 0 aliphatic carbocycles. The van der Waals surface area contributed by atoms with E-state index in [1.165, 1.54) is 12.8 Å². The number of anilines is 1. The summed E-state index contributed by atoms with van der Waals surface area (Å²) in [7, 11) is 0. The number of nitrogens with zero attached hydrogens (tertiary/aromatic N) is 3. The molecular formula is C16H25ClN4O. The summed E-state index contributed by atoms with van der Waals surface area (Å²) in [6.45, 7) is 3.25. The first-order chi connectivity index (χ1) is 10.3. The zero-order valence-corrected chi connectivity index (χ0v) is 13.9. The molecule has 0 atom stereocenters. The maximum atomic E-state index is 8.77. The first kappa shape index (κ1) is 18.5. The highest BCUT2D eigenvalue weighted by atomic mass is 35.5. The van der Waals surface area contributed by atoms with Gasteiger partial charge < -0.3 is 10.4 Å². The van der Waals surface area contributed by atoms with Crippen molar-refractivity contribution in [1.82, 2.24) is 14.6 Å². The number of rotatable bonds is 9. The Morgan fingerprint density at radius 1 is 1.27 bits per heavy atom. The van der Waals surface area contributed by atoms with Crippen LogP contribution in [0.4, 0.5) is 5.82 Å². The molecule has 0 fully saturated rings. The number of hydrogen-bond donors (Lipinski definition) is 2. The second-order valence-electron chi connectivity index (χ2n) is 5.07. The summed E-state index contributed by atoms with van der Waals surface area (Å²) in [6.07, 6.45) is 11.4. The van der Waals surface area contributed by atoms with Gasteiger partial charge in [-0.25, -0.2) is 9.50 Å². The number of nitrogens with one attached hydrogen (secondary N) is 1. The lowest BCUT2D eigenvalue weighted by Gasteiger charge is -2.05. The number of unbranched alkanes of at least 4 members (excludes halogenated alkanes) is 3. The fraction of sp³-hybridized carbons (Fsp3) is 0.500. The monoisotopic (exact) mass is 324 g/mol. The van der Waals surface area contributed by atoms with Crippen LogP contribution in [0, 0.1) is 0 Å². The van der Waals surface area contributed by atoms with Crippen LogP contribution in [0.15, 0.2) is 24.4 Å². The molecule has 0 aliphatic rings. The predicted molar refractivity (Wildman–Crippen MR) is 93.6 cm³/mol. The smallest absolute Gasteiger partial charge is 0.154 e. The summed E-state index contributed by atoms with van der Waals surface area (Å²) < 4.78 is 1.86. The van der Waals surface area contributed by atoms with Gasteiger partial charge in [-0.15, -0.1) is 17.5 Å². The predicted octanol–water partition coefficient (Wildman–Crippen LogP) is 3.54. The molecule has 0 radical (unpaired) electrons. The van der Waals surface area contributed by atoms with Gasteiger partial charge in [0.1, 0.15) is 5.82 Å². The lowest BCUT2D eigenvalue weighted by Crippen LogP contribution is -2.06. The third kappa shape index (κ3) is 5.31. The molecule has 22 heavy (non-hydrogen) atoms. The number of halogens is 1. The molecule has 2 rings (SSSR count). The molecule has 0 spiro atoms. The van der Waals surface area contributed by atoms with Crippen LogP contribution in [0.2, 0.25) is 0 Å². The molecule has 5 nitrogen and oxygen atoms in total. The highest BCUT2D eigenvalue weighted by Crippen LogP contribution is 2.11. The van der Waals surface area contributed by atoms with Crippen molar-refractivity contribution >= 4 is 29.9 Å². The van der Waals surface area contributed by atoms with E-state index in [1.54, 1.807) is 0 Å². The molecular weight excluding hydrogens is 300 g/mol. The molecule has 0 saturated heterocycles. The van der Waals surface area contributed by atoms with Crippen molar-refractivity contribution in [3.8, 4) is 0 Å². The average molecular weight is 325 g/mol. The third-order valence-electron chi connectivity index (χ3n) is 3.29. The fourth-order valence-electron chi connectivity index (χ4n) is 2.08. The van der Waals surface area contributed by atoms with Gasteiger partial charge in [0.15, 0.2) is 5.65 Å². The summed E-state index contributed by atoms with van der Waals surface area (Å²) in [6, 6.07) is 3.90. The molecule has 2 aromatic rings. The SMILES string of the molecule is CCCC/C=C/c1cnc2ccc(NCCCCO)nn12.Cl. The zero-order valence-electron chi connectivity index (χ0n) is 13.0. The van der Waals surface area contributed by atoms with Crippen LogP contribution < -0.4 is 5.32 Å². The Kier molecular flexibility index (Phi) is 8.55. The van der Waals surface area contributed by atoms with Crippen LogP contribution in [0.25, 0.3) is 11.7 Å². The number of hydrogen-bond acceptors (Lipinski definition) is 4. The van der Waals surface area contributed by atoms with Gasteiger partial charge in [0.05, 0.1) is 11.9 Å². The number of aliphatic hydroxyl groups excluding tert-OH is 1. The van der Waals surface area contributed by atoms with Crippen LogP contribution in [-0.4, -0.2) is 32.9 Å². The Morgan fingerprint density at radius 3 is 2.91 bits per heavy atom. The van der Waals surface area contributed by atoms with Gasteiger partial charge in [0.2, 0.25) is 0 Å². The molecule has 6 heteroatoms. The second kappa shape index (κ2) is 10.2. The normalized spacial score (nSPS) is 11.0. The second-order valence-corrected chi connectivity index (χ2v) is 5.07. The highest BCUT2D eigenvalue weighted by Gasteiger charge is 2.03. The summed E-state index contributed by atoms with van der Waals surface area (Å²) >= 11 is 0.